The second-order valence-electron chi connectivity index (χ2n) is 3.36. The molecule has 0 spiro atoms. The van der Waals surface area contributed by atoms with Crippen LogP contribution in [0.5, 0.6) is 0 Å². The fourth-order valence-corrected chi connectivity index (χ4v) is 1.42. The average molecular weight is 179 g/mol. The average Bonchev–Trinajstić information content (AvgIpc) is 1.94. The Kier molecular flexibility index (Phi) is 3.40. The Labute approximate surface area is 71.1 Å². The first-order valence-electron chi connectivity index (χ1n) is 4.27. The molecule has 2 nitrogen and oxygen atoms in total. The molecule has 72 valence electrons. The second-order valence-corrected chi connectivity index (χ2v) is 3.36. The molecule has 1 aliphatic carbocycles. The van der Waals surface area contributed by atoms with Crippen LogP contribution in [0.4, 0.5) is 8.78 Å². The number of nitrogens with two attached hydrogens (primary N) is 1. The molecule has 0 radical (unpaired) electrons. The highest BCUT2D eigenvalue weighted by molar-refractivity contribution is 4.89. The number of alkyl halides is 2. The summed E-state index contributed by atoms with van der Waals surface area (Å²) in [5.74, 6) is 0. The number of hydrogen-bond donors (Lipinski definition) is 1. The van der Waals surface area contributed by atoms with Crippen molar-refractivity contribution in [2.45, 2.75) is 25.7 Å². The fraction of sp³-hybridized carbons (Fsp3) is 1.00. The minimum atomic E-state index is -2.25. The predicted molar refractivity (Wildman–Crippen MR) is 42.2 cm³/mol. The quantitative estimate of drug-likeness (QED) is 0.647. The molecule has 4 heteroatoms. The van der Waals surface area contributed by atoms with Gasteiger partial charge in [0.2, 0.25) is 6.43 Å². The predicted octanol–water partition coefficient (Wildman–Crippen LogP) is 1.40. The van der Waals surface area contributed by atoms with E-state index in [4.69, 9.17) is 10.5 Å². The molecule has 0 aromatic rings. The van der Waals surface area contributed by atoms with Crippen molar-refractivity contribution in [1.82, 2.24) is 0 Å². The van der Waals surface area contributed by atoms with E-state index in [1.165, 1.54) is 0 Å². The van der Waals surface area contributed by atoms with E-state index in [0.29, 0.717) is 26.0 Å². The molecule has 0 unspecified atom stereocenters. The lowest BCUT2D eigenvalue weighted by molar-refractivity contribution is -0.109. The van der Waals surface area contributed by atoms with Crippen LogP contribution >= 0.6 is 0 Å². The topological polar surface area (TPSA) is 35.2 Å². The molecule has 1 aliphatic rings. The summed E-state index contributed by atoms with van der Waals surface area (Å²) in [5, 5.41) is 0. The molecule has 0 aliphatic heterocycles. The van der Waals surface area contributed by atoms with Crippen molar-refractivity contribution in [2.24, 2.45) is 11.1 Å². The normalized spacial score (nSPS) is 21.0. The van der Waals surface area contributed by atoms with Gasteiger partial charge in [0.1, 0.15) is 0 Å². The Bertz CT molecular complexity index is 137. The smallest absolute Gasteiger partial charge is 0.246 e. The molecule has 0 atom stereocenters. The van der Waals surface area contributed by atoms with Crippen molar-refractivity contribution in [2.75, 3.05) is 19.8 Å². The summed E-state index contributed by atoms with van der Waals surface area (Å²) in [7, 11) is 0. The molecular weight excluding hydrogens is 164 g/mol. The van der Waals surface area contributed by atoms with Crippen LogP contribution in [-0.2, 0) is 4.74 Å². The molecule has 1 fully saturated rings. The third-order valence-corrected chi connectivity index (χ3v) is 2.46. The Hall–Kier alpha value is -0.220. The van der Waals surface area contributed by atoms with Gasteiger partial charge in [-0.2, -0.15) is 0 Å². The minimum absolute atomic E-state index is 0.169. The summed E-state index contributed by atoms with van der Waals surface area (Å²) in [6.45, 7) is 0.954. The van der Waals surface area contributed by atoms with Gasteiger partial charge in [0, 0.05) is 6.54 Å². The maximum absolute atomic E-state index is 12.5. The maximum Gasteiger partial charge on any atom is 0.246 e. The number of rotatable bonds is 5. The van der Waals surface area contributed by atoms with Gasteiger partial charge in [-0.05, 0) is 12.8 Å². The summed E-state index contributed by atoms with van der Waals surface area (Å²) >= 11 is 0. The standard InChI is InChI=1S/C8H15F2NO/c9-7(10)8(2-1-3-8)6-12-5-4-11/h7H,1-6,11H2. The van der Waals surface area contributed by atoms with E-state index in [0.717, 1.165) is 6.42 Å². The summed E-state index contributed by atoms with van der Waals surface area (Å²) < 4.78 is 29.9. The van der Waals surface area contributed by atoms with Crippen LogP contribution in [0.2, 0.25) is 0 Å². The van der Waals surface area contributed by atoms with E-state index >= 15 is 0 Å². The van der Waals surface area contributed by atoms with Crippen LogP contribution in [0, 0.1) is 5.41 Å². The largest absolute Gasteiger partial charge is 0.379 e. The van der Waals surface area contributed by atoms with Crippen molar-refractivity contribution in [1.29, 1.82) is 0 Å². The molecule has 0 amide bonds. The van der Waals surface area contributed by atoms with Gasteiger partial charge >= 0.3 is 0 Å². The van der Waals surface area contributed by atoms with Crippen LogP contribution < -0.4 is 5.73 Å². The molecule has 0 aromatic heterocycles. The molecule has 0 bridgehead atoms. The van der Waals surface area contributed by atoms with Crippen LogP contribution in [-0.4, -0.2) is 26.2 Å². The number of ether oxygens (including phenoxy) is 1. The molecule has 1 saturated carbocycles. The van der Waals surface area contributed by atoms with Gasteiger partial charge in [-0.25, -0.2) is 8.78 Å². The zero-order chi connectivity index (χ0) is 9.03. The van der Waals surface area contributed by atoms with E-state index in [1.54, 1.807) is 0 Å². The van der Waals surface area contributed by atoms with E-state index in [9.17, 15) is 8.78 Å². The van der Waals surface area contributed by atoms with Crippen molar-refractivity contribution in [3.63, 3.8) is 0 Å². The van der Waals surface area contributed by atoms with Crippen molar-refractivity contribution in [3.05, 3.63) is 0 Å². The molecule has 1 rings (SSSR count). The first kappa shape index (κ1) is 9.86. The van der Waals surface area contributed by atoms with Gasteiger partial charge in [0.25, 0.3) is 0 Å². The highest BCUT2D eigenvalue weighted by Crippen LogP contribution is 2.45. The third kappa shape index (κ3) is 1.93. The van der Waals surface area contributed by atoms with Gasteiger partial charge in [-0.1, -0.05) is 6.42 Å². The SMILES string of the molecule is NCCOCC1(C(F)F)CCC1. The Morgan fingerprint density at radius 3 is 2.42 bits per heavy atom. The molecule has 2 N–H and O–H groups in total. The zero-order valence-corrected chi connectivity index (χ0v) is 7.06. The van der Waals surface area contributed by atoms with Gasteiger partial charge in [-0.15, -0.1) is 0 Å². The first-order valence-corrected chi connectivity index (χ1v) is 4.27. The molecule has 0 saturated heterocycles. The van der Waals surface area contributed by atoms with Gasteiger partial charge < -0.3 is 10.5 Å². The Morgan fingerprint density at radius 2 is 2.08 bits per heavy atom. The number of hydrogen-bond acceptors (Lipinski definition) is 2. The molecule has 0 aromatic carbocycles. The fourth-order valence-electron chi connectivity index (χ4n) is 1.42. The second kappa shape index (κ2) is 4.14. The summed E-state index contributed by atoms with van der Waals surface area (Å²) in [6.07, 6.45) is -0.162. The zero-order valence-electron chi connectivity index (χ0n) is 7.06. The lowest BCUT2D eigenvalue weighted by Gasteiger charge is -2.40. The van der Waals surface area contributed by atoms with E-state index in [2.05, 4.69) is 0 Å². The van der Waals surface area contributed by atoms with E-state index in [-0.39, 0.29) is 6.61 Å². The molecule has 0 heterocycles. The van der Waals surface area contributed by atoms with Crippen molar-refractivity contribution < 1.29 is 13.5 Å². The minimum Gasteiger partial charge on any atom is -0.379 e. The number of halogens is 2. The Morgan fingerprint density at radius 1 is 1.42 bits per heavy atom. The highest BCUT2D eigenvalue weighted by atomic mass is 19.3. The Balaban J connectivity index is 2.25. The van der Waals surface area contributed by atoms with Crippen molar-refractivity contribution >= 4 is 0 Å². The summed E-state index contributed by atoms with van der Waals surface area (Å²) in [5.41, 5.74) is 4.34. The van der Waals surface area contributed by atoms with Gasteiger partial charge in [0.05, 0.1) is 18.6 Å². The van der Waals surface area contributed by atoms with E-state index < -0.39 is 11.8 Å². The highest BCUT2D eigenvalue weighted by Gasteiger charge is 2.45. The van der Waals surface area contributed by atoms with E-state index in [1.807, 2.05) is 0 Å². The van der Waals surface area contributed by atoms with Gasteiger partial charge in [0.15, 0.2) is 0 Å². The summed E-state index contributed by atoms with van der Waals surface area (Å²) in [6, 6.07) is 0. The third-order valence-electron chi connectivity index (χ3n) is 2.46. The lowest BCUT2D eigenvalue weighted by atomic mass is 9.70. The van der Waals surface area contributed by atoms with Gasteiger partial charge in [-0.3, -0.25) is 0 Å². The first-order chi connectivity index (χ1) is 5.71. The van der Waals surface area contributed by atoms with Crippen LogP contribution in [0.3, 0.4) is 0 Å². The lowest BCUT2D eigenvalue weighted by Crippen LogP contribution is -2.41. The molecule has 12 heavy (non-hydrogen) atoms. The van der Waals surface area contributed by atoms with Crippen LogP contribution in [0.25, 0.3) is 0 Å². The van der Waals surface area contributed by atoms with Crippen LogP contribution in [0.1, 0.15) is 19.3 Å². The monoisotopic (exact) mass is 179 g/mol. The maximum atomic E-state index is 12.5. The van der Waals surface area contributed by atoms with Crippen LogP contribution in [0.15, 0.2) is 0 Å². The molecular formula is C8H15F2NO. The van der Waals surface area contributed by atoms with Crippen molar-refractivity contribution in [3.8, 4) is 0 Å². The summed E-state index contributed by atoms with van der Waals surface area (Å²) in [4.78, 5) is 0.